The number of hydrogen-bond donors (Lipinski definition) is 0. The zero-order valence-electron chi connectivity index (χ0n) is 20.6. The minimum absolute atomic E-state index is 0.0539. The second-order valence-corrected chi connectivity index (χ2v) is 9.02. The molecule has 184 valence electrons. The summed E-state index contributed by atoms with van der Waals surface area (Å²) in [5.74, 6) is 1.15. The van der Waals surface area contributed by atoms with Crippen LogP contribution in [0.5, 0.6) is 5.75 Å². The summed E-state index contributed by atoms with van der Waals surface area (Å²) in [5, 5.41) is 0. The first-order chi connectivity index (χ1) is 16.1. The lowest BCUT2D eigenvalue weighted by Gasteiger charge is -2.12. The highest BCUT2D eigenvalue weighted by atomic mass is 19.1. The van der Waals surface area contributed by atoms with Crippen molar-refractivity contribution in [1.82, 2.24) is 9.97 Å². The van der Waals surface area contributed by atoms with Crippen LogP contribution in [0.2, 0.25) is 0 Å². The first kappa shape index (κ1) is 27.2. The van der Waals surface area contributed by atoms with E-state index < -0.39 is 12.3 Å². The van der Waals surface area contributed by atoms with Gasteiger partial charge in [-0.05, 0) is 24.8 Å². The van der Waals surface area contributed by atoms with Gasteiger partial charge in [0.1, 0.15) is 12.3 Å². The van der Waals surface area contributed by atoms with Crippen molar-refractivity contribution in [3.05, 3.63) is 42.2 Å². The van der Waals surface area contributed by atoms with Crippen LogP contribution in [-0.4, -0.2) is 28.9 Å². The number of unbranched alkanes of at least 4 members (excludes halogenated alkanes) is 7. The van der Waals surface area contributed by atoms with E-state index in [-0.39, 0.29) is 19.4 Å². The Morgan fingerprint density at radius 3 is 2.00 bits per heavy atom. The van der Waals surface area contributed by atoms with Gasteiger partial charge < -0.3 is 4.74 Å². The third-order valence-electron chi connectivity index (χ3n) is 5.97. The molecule has 2 atom stereocenters. The Kier molecular flexibility index (Phi) is 13.6. The van der Waals surface area contributed by atoms with E-state index in [1.54, 1.807) is 12.4 Å². The monoisotopic (exact) mass is 460 g/mol. The van der Waals surface area contributed by atoms with Crippen LogP contribution in [0, 0.1) is 0 Å². The van der Waals surface area contributed by atoms with E-state index in [2.05, 4.69) is 41.2 Å². The van der Waals surface area contributed by atoms with Gasteiger partial charge in [0.2, 0.25) is 0 Å². The molecule has 0 aliphatic rings. The van der Waals surface area contributed by atoms with Gasteiger partial charge in [0.15, 0.2) is 11.6 Å². The van der Waals surface area contributed by atoms with Crippen LogP contribution < -0.4 is 4.74 Å². The highest BCUT2D eigenvalue weighted by molar-refractivity contribution is 5.55. The van der Waals surface area contributed by atoms with Gasteiger partial charge in [-0.15, -0.1) is 0 Å². The third-order valence-corrected chi connectivity index (χ3v) is 5.97. The van der Waals surface area contributed by atoms with Gasteiger partial charge in [-0.2, -0.15) is 0 Å². The molecule has 3 nitrogen and oxygen atoms in total. The van der Waals surface area contributed by atoms with Gasteiger partial charge >= 0.3 is 0 Å². The quantitative estimate of drug-likeness (QED) is 0.209. The van der Waals surface area contributed by atoms with Crippen molar-refractivity contribution in [2.75, 3.05) is 6.61 Å². The largest absolute Gasteiger partial charge is 0.490 e. The number of halogens is 2. The van der Waals surface area contributed by atoms with Gasteiger partial charge in [0.25, 0.3) is 0 Å². The highest BCUT2D eigenvalue weighted by Crippen LogP contribution is 2.20. The molecule has 0 spiro atoms. The summed E-state index contributed by atoms with van der Waals surface area (Å²) in [6.45, 7) is 4.35. The van der Waals surface area contributed by atoms with Crippen LogP contribution in [0.1, 0.15) is 96.5 Å². The Labute approximate surface area is 199 Å². The minimum atomic E-state index is -1.18. The predicted molar refractivity (Wildman–Crippen MR) is 133 cm³/mol. The smallest absolute Gasteiger partial charge is 0.159 e. The molecule has 0 radical (unpaired) electrons. The van der Waals surface area contributed by atoms with Crippen molar-refractivity contribution in [1.29, 1.82) is 0 Å². The maximum atomic E-state index is 13.8. The number of aromatic nitrogens is 2. The van der Waals surface area contributed by atoms with E-state index in [4.69, 9.17) is 4.74 Å². The number of benzene rings is 1. The number of ether oxygens (including phenoxy) is 1. The Morgan fingerprint density at radius 1 is 0.758 bits per heavy atom. The molecule has 2 aromatic rings. The summed E-state index contributed by atoms with van der Waals surface area (Å²) in [5.41, 5.74) is 2.31. The topological polar surface area (TPSA) is 35.0 Å². The lowest BCUT2D eigenvalue weighted by atomic mass is 10.0. The minimum Gasteiger partial charge on any atom is -0.490 e. The average Bonchev–Trinajstić information content (AvgIpc) is 2.82. The molecule has 0 bridgehead atoms. The Bertz CT molecular complexity index is 737. The van der Waals surface area contributed by atoms with Crippen molar-refractivity contribution < 1.29 is 13.5 Å². The molecule has 0 aliphatic carbocycles. The number of aryl methyl sites for hydroxylation is 1. The summed E-state index contributed by atoms with van der Waals surface area (Å²) in [6, 6.07) is 8.44. The molecule has 1 aromatic heterocycles. The molecule has 0 N–H and O–H groups in total. The van der Waals surface area contributed by atoms with Crippen molar-refractivity contribution in [3.8, 4) is 17.1 Å². The molecule has 2 rings (SSSR count). The van der Waals surface area contributed by atoms with E-state index in [0.29, 0.717) is 18.0 Å². The molecule has 2 unspecified atom stereocenters. The van der Waals surface area contributed by atoms with Gasteiger partial charge in [0.05, 0.1) is 19.0 Å². The highest BCUT2D eigenvalue weighted by Gasteiger charge is 2.14. The number of nitrogens with zero attached hydrogens (tertiary/aromatic N) is 2. The summed E-state index contributed by atoms with van der Waals surface area (Å²) < 4.78 is 32.8. The average molecular weight is 461 g/mol. The maximum absolute atomic E-state index is 13.8. The lowest BCUT2D eigenvalue weighted by Crippen LogP contribution is -2.13. The van der Waals surface area contributed by atoms with Crippen LogP contribution in [-0.2, 0) is 6.42 Å². The van der Waals surface area contributed by atoms with Crippen LogP contribution in [0.3, 0.4) is 0 Å². The lowest BCUT2D eigenvalue weighted by molar-refractivity contribution is 0.176. The molecule has 0 fully saturated rings. The van der Waals surface area contributed by atoms with Crippen molar-refractivity contribution >= 4 is 0 Å². The standard InChI is InChI=1S/C28H42F2N2O/c1-3-5-6-7-8-9-10-11-13-23-14-16-24(17-15-23)28-31-21-27(22-32-28)33-19-18-26(30)20-25(29)12-4-2/h14-17,21-22,25-26H,3-13,18-20H2,1-2H3. The van der Waals surface area contributed by atoms with E-state index in [1.807, 2.05) is 6.92 Å². The summed E-state index contributed by atoms with van der Waals surface area (Å²) >= 11 is 0. The maximum Gasteiger partial charge on any atom is 0.159 e. The predicted octanol–water partition coefficient (Wildman–Crippen LogP) is 8.46. The molecule has 5 heteroatoms. The van der Waals surface area contributed by atoms with E-state index in [9.17, 15) is 8.78 Å². The summed E-state index contributed by atoms with van der Waals surface area (Å²) in [7, 11) is 0. The number of hydrogen-bond acceptors (Lipinski definition) is 3. The molecule has 1 aromatic carbocycles. The van der Waals surface area contributed by atoms with Crippen molar-refractivity contribution in [2.45, 2.75) is 110 Å². The van der Waals surface area contributed by atoms with Crippen LogP contribution in [0.4, 0.5) is 8.78 Å². The SMILES string of the molecule is CCCCCCCCCCc1ccc(-c2ncc(OCCC(F)CC(F)CCC)cn2)cc1. The summed E-state index contributed by atoms with van der Waals surface area (Å²) in [6.07, 6.45) is 14.0. The molecule has 0 aliphatic heterocycles. The normalized spacial score (nSPS) is 13.1. The van der Waals surface area contributed by atoms with E-state index >= 15 is 0 Å². The fourth-order valence-corrected chi connectivity index (χ4v) is 3.95. The number of rotatable bonds is 18. The third kappa shape index (κ3) is 11.6. The number of alkyl halides is 2. The summed E-state index contributed by atoms with van der Waals surface area (Å²) in [4.78, 5) is 8.75. The first-order valence-corrected chi connectivity index (χ1v) is 12.9. The van der Waals surface area contributed by atoms with Gasteiger partial charge in [-0.1, -0.05) is 89.5 Å². The molecule has 0 saturated heterocycles. The molecule has 1 heterocycles. The van der Waals surface area contributed by atoms with E-state index in [0.717, 1.165) is 18.4 Å². The van der Waals surface area contributed by atoms with Crippen molar-refractivity contribution in [3.63, 3.8) is 0 Å². The first-order valence-electron chi connectivity index (χ1n) is 12.9. The Balaban J connectivity index is 1.67. The zero-order chi connectivity index (χ0) is 23.7. The molecule has 0 saturated carbocycles. The van der Waals surface area contributed by atoms with Crippen LogP contribution >= 0.6 is 0 Å². The molecular weight excluding hydrogens is 418 g/mol. The van der Waals surface area contributed by atoms with Crippen molar-refractivity contribution in [2.24, 2.45) is 0 Å². The Hall–Kier alpha value is -2.04. The van der Waals surface area contributed by atoms with Gasteiger partial charge in [0, 0.05) is 18.4 Å². The molecule has 0 amide bonds. The second kappa shape index (κ2) is 16.6. The second-order valence-electron chi connectivity index (χ2n) is 9.02. The van der Waals surface area contributed by atoms with Crippen LogP contribution in [0.25, 0.3) is 11.4 Å². The molecular formula is C28H42F2N2O. The fourth-order valence-electron chi connectivity index (χ4n) is 3.95. The fraction of sp³-hybridized carbons (Fsp3) is 0.643. The van der Waals surface area contributed by atoms with Gasteiger partial charge in [-0.25, -0.2) is 18.7 Å². The Morgan fingerprint density at radius 2 is 1.36 bits per heavy atom. The molecule has 33 heavy (non-hydrogen) atoms. The van der Waals surface area contributed by atoms with Crippen LogP contribution in [0.15, 0.2) is 36.7 Å². The van der Waals surface area contributed by atoms with Gasteiger partial charge in [-0.3, -0.25) is 0 Å². The zero-order valence-corrected chi connectivity index (χ0v) is 20.6. The van der Waals surface area contributed by atoms with E-state index in [1.165, 1.54) is 56.9 Å².